The van der Waals surface area contributed by atoms with Gasteiger partial charge in [-0.05, 0) is 44.4 Å². The SMILES string of the molecule is C#C[C@@]1(CO[P@](=O)(N[C@@H](C)C(=O)OCC)Oc2cccc3ccccc23)C=C[C@H](n2cc(C)c(=O)[nH]c2=O)O1. The highest BCUT2D eigenvalue weighted by Crippen LogP contribution is 2.48. The van der Waals surface area contributed by atoms with Crippen LogP contribution in [-0.2, 0) is 23.4 Å². The quantitative estimate of drug-likeness (QED) is 0.168. The summed E-state index contributed by atoms with van der Waals surface area (Å²) in [6, 6.07) is 11.5. The van der Waals surface area contributed by atoms with E-state index >= 15 is 0 Å². The van der Waals surface area contributed by atoms with Gasteiger partial charge < -0.3 is 14.0 Å². The second-order valence-electron chi connectivity index (χ2n) is 8.82. The molecule has 2 aromatic carbocycles. The van der Waals surface area contributed by atoms with Gasteiger partial charge in [-0.2, -0.15) is 5.09 Å². The van der Waals surface area contributed by atoms with Gasteiger partial charge in [0, 0.05) is 17.1 Å². The highest BCUT2D eigenvalue weighted by Gasteiger charge is 2.40. The van der Waals surface area contributed by atoms with Crippen LogP contribution >= 0.6 is 7.75 Å². The number of carbonyl (C=O) groups excluding carboxylic acids is 1. The van der Waals surface area contributed by atoms with Gasteiger partial charge in [-0.1, -0.05) is 42.3 Å². The molecular formula is C27H28N3O8P. The molecule has 0 fully saturated rings. The number of aryl methyl sites for hydroxylation is 1. The largest absolute Gasteiger partial charge is 0.465 e. The van der Waals surface area contributed by atoms with Gasteiger partial charge in [-0.25, -0.2) is 9.36 Å². The van der Waals surface area contributed by atoms with Crippen molar-refractivity contribution in [3.05, 3.63) is 87.2 Å². The Balaban J connectivity index is 1.60. The summed E-state index contributed by atoms with van der Waals surface area (Å²) in [7, 11) is -4.28. The minimum atomic E-state index is -4.28. The zero-order valence-corrected chi connectivity index (χ0v) is 22.5. The Morgan fingerprint density at radius 2 is 2.03 bits per heavy atom. The third-order valence-corrected chi connectivity index (χ3v) is 7.54. The highest BCUT2D eigenvalue weighted by molar-refractivity contribution is 7.52. The number of aromatic amines is 1. The van der Waals surface area contributed by atoms with Crippen molar-refractivity contribution < 1.29 is 27.9 Å². The fourth-order valence-corrected chi connectivity index (χ4v) is 5.43. The van der Waals surface area contributed by atoms with Gasteiger partial charge >= 0.3 is 19.4 Å². The first-order valence-corrected chi connectivity index (χ1v) is 13.7. The molecule has 0 bridgehead atoms. The fraction of sp³-hybridized carbons (Fsp3) is 0.296. The average molecular weight is 554 g/mol. The number of aromatic nitrogens is 2. The molecule has 0 spiro atoms. The minimum Gasteiger partial charge on any atom is -0.465 e. The molecule has 0 saturated carbocycles. The maximum Gasteiger partial charge on any atom is 0.459 e. The number of H-pyrrole nitrogens is 1. The normalized spacial score (nSPS) is 20.7. The molecule has 3 aromatic rings. The van der Waals surface area contributed by atoms with Crippen molar-refractivity contribution >= 4 is 24.5 Å². The van der Waals surface area contributed by atoms with E-state index in [2.05, 4.69) is 16.0 Å². The summed E-state index contributed by atoms with van der Waals surface area (Å²) in [6.07, 6.45) is 9.17. The molecule has 12 heteroatoms. The Labute approximate surface area is 224 Å². The molecule has 0 saturated heterocycles. The van der Waals surface area contributed by atoms with Crippen LogP contribution in [0, 0.1) is 19.3 Å². The van der Waals surface area contributed by atoms with Crippen molar-refractivity contribution in [3.8, 4) is 18.1 Å². The second-order valence-corrected chi connectivity index (χ2v) is 10.5. The molecule has 0 amide bonds. The standard InChI is InChI=1S/C27H28N3O8P/c1-5-27(15-14-23(37-27)30-16-18(3)24(31)28-26(30)33)17-36-39(34,29-19(4)25(32)35-6-2)38-22-13-9-11-20-10-7-8-12-21(20)22/h1,7-16,19,23H,6,17H2,2-4H3,(H,29,34)(H,28,31,33)/t19-,23+,27-,39+/m0/s1. The van der Waals surface area contributed by atoms with Crippen molar-refractivity contribution in [2.24, 2.45) is 0 Å². The molecule has 204 valence electrons. The van der Waals surface area contributed by atoms with E-state index in [1.54, 1.807) is 38.1 Å². The third-order valence-electron chi connectivity index (χ3n) is 5.93. The van der Waals surface area contributed by atoms with Gasteiger partial charge in [0.25, 0.3) is 5.56 Å². The van der Waals surface area contributed by atoms with Crippen LogP contribution < -0.4 is 20.9 Å². The Morgan fingerprint density at radius 3 is 2.77 bits per heavy atom. The maximum absolute atomic E-state index is 14.0. The Kier molecular flexibility index (Phi) is 8.23. The van der Waals surface area contributed by atoms with E-state index in [1.165, 1.54) is 29.8 Å². The number of hydrogen-bond acceptors (Lipinski definition) is 8. The van der Waals surface area contributed by atoms with Crippen LogP contribution in [0.4, 0.5) is 0 Å². The molecular weight excluding hydrogens is 525 g/mol. The smallest absolute Gasteiger partial charge is 0.459 e. The number of rotatable bonds is 10. The zero-order valence-electron chi connectivity index (χ0n) is 21.6. The van der Waals surface area contributed by atoms with Crippen LogP contribution in [0.3, 0.4) is 0 Å². The van der Waals surface area contributed by atoms with Crippen molar-refractivity contribution in [2.45, 2.75) is 38.6 Å². The molecule has 1 aliphatic rings. The molecule has 1 aliphatic heterocycles. The summed E-state index contributed by atoms with van der Waals surface area (Å²) < 4.78 is 37.8. The van der Waals surface area contributed by atoms with Gasteiger partial charge in [-0.15, -0.1) is 6.42 Å². The molecule has 0 aliphatic carbocycles. The number of carbonyl (C=O) groups is 1. The van der Waals surface area contributed by atoms with Crippen molar-refractivity contribution in [1.82, 2.24) is 14.6 Å². The first-order valence-electron chi connectivity index (χ1n) is 12.1. The number of fused-ring (bicyclic) bond motifs is 1. The number of ether oxygens (including phenoxy) is 2. The van der Waals surface area contributed by atoms with Crippen LogP contribution in [0.15, 0.2) is 70.4 Å². The first kappa shape index (κ1) is 28.1. The number of hydrogen-bond donors (Lipinski definition) is 2. The molecule has 2 N–H and O–H groups in total. The summed E-state index contributed by atoms with van der Waals surface area (Å²) in [5.74, 6) is 2.07. The number of nitrogens with one attached hydrogen (secondary N) is 2. The molecule has 2 heterocycles. The lowest BCUT2D eigenvalue weighted by atomic mass is 10.1. The van der Waals surface area contributed by atoms with Crippen molar-refractivity contribution in [3.63, 3.8) is 0 Å². The molecule has 1 aromatic heterocycles. The highest BCUT2D eigenvalue weighted by atomic mass is 31.2. The van der Waals surface area contributed by atoms with E-state index in [-0.39, 0.29) is 12.4 Å². The van der Waals surface area contributed by atoms with E-state index in [4.69, 9.17) is 24.9 Å². The van der Waals surface area contributed by atoms with Crippen LogP contribution in [0.2, 0.25) is 0 Å². The van der Waals surface area contributed by atoms with E-state index < -0.39 is 49.4 Å². The van der Waals surface area contributed by atoms with Crippen LogP contribution in [-0.4, -0.2) is 40.4 Å². The van der Waals surface area contributed by atoms with Gasteiger partial charge in [-0.3, -0.25) is 23.7 Å². The minimum absolute atomic E-state index is 0.129. The van der Waals surface area contributed by atoms with Crippen molar-refractivity contribution in [1.29, 1.82) is 0 Å². The molecule has 39 heavy (non-hydrogen) atoms. The summed E-state index contributed by atoms with van der Waals surface area (Å²) >= 11 is 0. The lowest BCUT2D eigenvalue weighted by molar-refractivity contribution is -0.144. The number of nitrogens with zero attached hydrogens (tertiary/aromatic N) is 1. The monoisotopic (exact) mass is 553 g/mol. The van der Waals surface area contributed by atoms with Gasteiger partial charge in [0.2, 0.25) is 0 Å². The maximum atomic E-state index is 14.0. The average Bonchev–Trinajstić information content (AvgIpc) is 3.35. The number of benzene rings is 2. The Hall–Kier alpha value is -3.94. The first-order chi connectivity index (χ1) is 18.6. The number of terminal acetylenes is 1. The lowest BCUT2D eigenvalue weighted by Crippen LogP contribution is -2.39. The van der Waals surface area contributed by atoms with Gasteiger partial charge in [0.1, 0.15) is 18.4 Å². The molecule has 0 unspecified atom stereocenters. The topological polar surface area (TPSA) is 138 Å². The van der Waals surface area contributed by atoms with Crippen LogP contribution in [0.5, 0.6) is 5.75 Å². The molecule has 4 rings (SSSR count). The predicted octanol–water partition coefficient (Wildman–Crippen LogP) is 3.20. The van der Waals surface area contributed by atoms with E-state index in [0.29, 0.717) is 10.9 Å². The molecule has 0 radical (unpaired) electrons. The van der Waals surface area contributed by atoms with Crippen molar-refractivity contribution in [2.75, 3.05) is 13.2 Å². The van der Waals surface area contributed by atoms with Crippen LogP contribution in [0.1, 0.15) is 25.6 Å². The summed E-state index contributed by atoms with van der Waals surface area (Å²) in [6.45, 7) is 4.33. The van der Waals surface area contributed by atoms with Crippen LogP contribution in [0.25, 0.3) is 10.8 Å². The summed E-state index contributed by atoms with van der Waals surface area (Å²) in [5, 5.41) is 4.13. The van der Waals surface area contributed by atoms with Gasteiger partial charge in [0.05, 0.1) is 6.61 Å². The predicted molar refractivity (Wildman–Crippen MR) is 144 cm³/mol. The second kappa shape index (κ2) is 11.4. The Morgan fingerprint density at radius 1 is 1.28 bits per heavy atom. The lowest BCUT2D eigenvalue weighted by Gasteiger charge is -2.28. The Bertz CT molecular complexity index is 1620. The molecule has 4 atom stereocenters. The number of esters is 1. The van der Waals surface area contributed by atoms with Gasteiger partial charge in [0.15, 0.2) is 11.8 Å². The zero-order chi connectivity index (χ0) is 28.2. The van der Waals surface area contributed by atoms with E-state index in [1.807, 2.05) is 18.2 Å². The summed E-state index contributed by atoms with van der Waals surface area (Å²) in [4.78, 5) is 38.6. The van der Waals surface area contributed by atoms with E-state index in [0.717, 1.165) is 5.39 Å². The fourth-order valence-electron chi connectivity index (χ4n) is 3.90. The third kappa shape index (κ3) is 6.21. The van der Waals surface area contributed by atoms with E-state index in [9.17, 15) is 18.9 Å². The summed E-state index contributed by atoms with van der Waals surface area (Å²) in [5.41, 5.74) is -2.45. The molecule has 11 nitrogen and oxygen atoms in total.